The molecule has 2 unspecified atom stereocenters. The van der Waals surface area contributed by atoms with Crippen molar-refractivity contribution in [3.05, 3.63) is 29.3 Å². The van der Waals surface area contributed by atoms with Crippen LogP contribution < -0.4 is 15.8 Å². The molecular weight excluding hydrogens is 416 g/mol. The summed E-state index contributed by atoms with van der Waals surface area (Å²) in [7, 11) is -2.58. The van der Waals surface area contributed by atoms with Crippen LogP contribution in [0.3, 0.4) is 0 Å². The summed E-state index contributed by atoms with van der Waals surface area (Å²) in [5, 5.41) is 3.65. The largest absolute Gasteiger partial charge is 0.497 e. The summed E-state index contributed by atoms with van der Waals surface area (Å²) in [6.07, 6.45) is 3.73. The summed E-state index contributed by atoms with van der Waals surface area (Å²) in [5.41, 5.74) is 7.84. The van der Waals surface area contributed by atoms with Gasteiger partial charge in [-0.15, -0.1) is 0 Å². The number of benzene rings is 1. The van der Waals surface area contributed by atoms with Crippen LogP contribution in [0, 0.1) is 0 Å². The first-order valence-electron chi connectivity index (χ1n) is 11.1. The first-order valence-corrected chi connectivity index (χ1v) is 12.5. The fraction of sp³-hybridized carbons (Fsp3) is 0.727. The van der Waals surface area contributed by atoms with Crippen molar-refractivity contribution in [2.45, 2.75) is 63.6 Å². The Labute approximate surface area is 187 Å². The fourth-order valence-electron chi connectivity index (χ4n) is 5.18. The normalized spacial score (nSPS) is 24.7. The van der Waals surface area contributed by atoms with Gasteiger partial charge in [0, 0.05) is 43.3 Å². The fourth-order valence-corrected chi connectivity index (χ4v) is 6.19. The van der Waals surface area contributed by atoms with Crippen molar-refractivity contribution < 1.29 is 17.7 Å². The lowest BCUT2D eigenvalue weighted by atomic mass is 9.75. The average Bonchev–Trinajstić information content (AvgIpc) is 2.69. The lowest BCUT2D eigenvalue weighted by Crippen LogP contribution is -2.58. The zero-order chi connectivity index (χ0) is 22.9. The molecule has 8 nitrogen and oxygen atoms in total. The van der Waals surface area contributed by atoms with Crippen LogP contribution in [0.5, 0.6) is 5.75 Å². The highest BCUT2D eigenvalue weighted by atomic mass is 32.2. The van der Waals surface area contributed by atoms with Gasteiger partial charge in [-0.2, -0.15) is 12.7 Å². The van der Waals surface area contributed by atoms with Crippen LogP contribution in [0.25, 0.3) is 0 Å². The third-order valence-corrected chi connectivity index (χ3v) is 8.03. The van der Waals surface area contributed by atoms with Gasteiger partial charge < -0.3 is 15.8 Å². The van der Waals surface area contributed by atoms with Gasteiger partial charge in [0.1, 0.15) is 5.75 Å². The Morgan fingerprint density at radius 3 is 2.71 bits per heavy atom. The maximum Gasteiger partial charge on any atom is 0.336 e. The van der Waals surface area contributed by atoms with E-state index in [1.807, 2.05) is 6.07 Å². The van der Waals surface area contributed by atoms with Gasteiger partial charge in [-0.25, -0.2) is 0 Å². The molecule has 9 heteroatoms. The number of methoxy groups -OCH3 is 1. The van der Waals surface area contributed by atoms with Crippen LogP contribution in [-0.2, 0) is 16.7 Å². The van der Waals surface area contributed by atoms with Crippen LogP contribution in [0.1, 0.15) is 57.2 Å². The lowest BCUT2D eigenvalue weighted by molar-refractivity contribution is 0.0628. The molecular formula is C22H38N4O4S. The van der Waals surface area contributed by atoms with Crippen molar-refractivity contribution >= 4 is 10.3 Å². The molecule has 0 saturated carbocycles. The van der Waals surface area contributed by atoms with Crippen molar-refractivity contribution in [3.8, 4) is 5.75 Å². The number of ether oxygens (including phenoxy) is 1. The minimum atomic E-state index is -4.27. The molecule has 2 heterocycles. The van der Waals surface area contributed by atoms with E-state index in [9.17, 15) is 13.0 Å². The van der Waals surface area contributed by atoms with Crippen molar-refractivity contribution in [2.75, 3.05) is 39.8 Å². The van der Waals surface area contributed by atoms with Gasteiger partial charge in [0.25, 0.3) is 0 Å². The molecule has 2 atom stereocenters. The van der Waals surface area contributed by atoms with Crippen molar-refractivity contribution in [1.29, 1.82) is 0 Å². The Kier molecular flexibility index (Phi) is 7.35. The SMILES string of the molecule is COc1ccc2c(c1)CCN1CCC(CCN)(NCCN(C(C)(C)C)S(=O)(=O)O)CC21. The topological polar surface area (TPSA) is 108 Å². The van der Waals surface area contributed by atoms with E-state index in [0.29, 0.717) is 19.1 Å². The number of nitrogens with one attached hydrogen (secondary N) is 1. The van der Waals surface area contributed by atoms with E-state index in [2.05, 4.69) is 22.3 Å². The van der Waals surface area contributed by atoms with Crippen molar-refractivity contribution in [1.82, 2.24) is 14.5 Å². The molecule has 0 aliphatic carbocycles. The molecule has 31 heavy (non-hydrogen) atoms. The third kappa shape index (κ3) is 5.58. The van der Waals surface area contributed by atoms with Crippen LogP contribution in [0.2, 0.25) is 0 Å². The van der Waals surface area contributed by atoms with Gasteiger partial charge in [-0.05, 0) is 76.3 Å². The van der Waals surface area contributed by atoms with Gasteiger partial charge in [0.15, 0.2) is 0 Å². The number of nitrogens with zero attached hydrogens (tertiary/aromatic N) is 2. The van der Waals surface area contributed by atoms with Gasteiger partial charge in [-0.1, -0.05) is 6.07 Å². The summed E-state index contributed by atoms with van der Waals surface area (Å²) in [4.78, 5) is 2.55. The second-order valence-electron chi connectivity index (χ2n) is 9.79. The molecule has 0 bridgehead atoms. The summed E-state index contributed by atoms with van der Waals surface area (Å²) in [6.45, 7) is 8.58. The highest BCUT2D eigenvalue weighted by Gasteiger charge is 2.42. The molecule has 2 aliphatic rings. The van der Waals surface area contributed by atoms with Crippen LogP contribution >= 0.6 is 0 Å². The maximum atomic E-state index is 11.9. The molecule has 1 saturated heterocycles. The summed E-state index contributed by atoms with van der Waals surface area (Å²) < 4.78 is 39.9. The third-order valence-electron chi connectivity index (χ3n) is 6.74. The van der Waals surface area contributed by atoms with Gasteiger partial charge >= 0.3 is 10.3 Å². The number of piperidine rings is 1. The first-order chi connectivity index (χ1) is 14.5. The highest BCUT2D eigenvalue weighted by molar-refractivity contribution is 7.83. The predicted octanol–water partition coefficient (Wildman–Crippen LogP) is 1.97. The summed E-state index contributed by atoms with van der Waals surface area (Å²) >= 11 is 0. The molecule has 0 radical (unpaired) electrons. The maximum absolute atomic E-state index is 11.9. The van der Waals surface area contributed by atoms with E-state index in [4.69, 9.17) is 10.5 Å². The lowest BCUT2D eigenvalue weighted by Gasteiger charge is -2.50. The van der Waals surface area contributed by atoms with Crippen LogP contribution in [-0.4, -0.2) is 73.1 Å². The average molecular weight is 455 g/mol. The monoisotopic (exact) mass is 454 g/mol. The zero-order valence-corrected chi connectivity index (χ0v) is 20.0. The van der Waals surface area contributed by atoms with E-state index in [1.165, 1.54) is 11.1 Å². The van der Waals surface area contributed by atoms with Gasteiger partial charge in [-0.3, -0.25) is 9.45 Å². The van der Waals surface area contributed by atoms with E-state index in [0.717, 1.165) is 48.8 Å². The van der Waals surface area contributed by atoms with Crippen molar-refractivity contribution in [3.63, 3.8) is 0 Å². The number of nitrogens with two attached hydrogens (primary N) is 1. The number of hydrogen-bond donors (Lipinski definition) is 3. The molecule has 0 amide bonds. The summed E-state index contributed by atoms with van der Waals surface area (Å²) in [6, 6.07) is 6.67. The minimum absolute atomic E-state index is 0.159. The predicted molar refractivity (Wildman–Crippen MR) is 123 cm³/mol. The molecule has 0 aromatic heterocycles. The molecule has 176 valence electrons. The zero-order valence-electron chi connectivity index (χ0n) is 19.2. The smallest absolute Gasteiger partial charge is 0.336 e. The number of fused-ring (bicyclic) bond motifs is 3. The van der Waals surface area contributed by atoms with Crippen LogP contribution in [0.4, 0.5) is 0 Å². The Morgan fingerprint density at radius 2 is 2.10 bits per heavy atom. The minimum Gasteiger partial charge on any atom is -0.497 e. The second kappa shape index (κ2) is 9.33. The van der Waals surface area contributed by atoms with Crippen molar-refractivity contribution in [2.24, 2.45) is 5.73 Å². The Bertz CT molecular complexity index is 871. The quantitative estimate of drug-likeness (QED) is 0.515. The standard InChI is InChI=1S/C22H38N4O4S/c1-21(2,3)26(31(27,28)29)14-11-24-22(8-10-23)9-13-25-12-7-17-15-18(30-4)5-6-19(17)20(25)16-22/h5-6,15,20,24H,7-14,16,23H2,1-4H3,(H,27,28,29). The molecule has 1 aromatic carbocycles. The van der Waals surface area contributed by atoms with E-state index >= 15 is 0 Å². The Morgan fingerprint density at radius 1 is 1.35 bits per heavy atom. The van der Waals surface area contributed by atoms with Crippen LogP contribution in [0.15, 0.2) is 18.2 Å². The number of rotatable bonds is 8. The van der Waals surface area contributed by atoms with Gasteiger partial charge in [0.05, 0.1) is 7.11 Å². The highest BCUT2D eigenvalue weighted by Crippen LogP contribution is 2.42. The number of hydrogen-bond acceptors (Lipinski definition) is 6. The molecule has 3 rings (SSSR count). The molecule has 1 aromatic rings. The Balaban J connectivity index is 1.76. The molecule has 2 aliphatic heterocycles. The molecule has 1 fully saturated rings. The first kappa shape index (κ1) is 24.4. The summed E-state index contributed by atoms with van der Waals surface area (Å²) in [5.74, 6) is 0.891. The Hall–Kier alpha value is -1.23. The van der Waals surface area contributed by atoms with E-state index in [1.54, 1.807) is 27.9 Å². The van der Waals surface area contributed by atoms with E-state index in [-0.39, 0.29) is 12.1 Å². The van der Waals surface area contributed by atoms with E-state index < -0.39 is 15.8 Å². The molecule has 4 N–H and O–H groups in total. The second-order valence-corrected chi connectivity index (χ2v) is 11.1. The van der Waals surface area contributed by atoms with Gasteiger partial charge in [0.2, 0.25) is 0 Å². The molecule has 0 spiro atoms.